The minimum Gasteiger partial charge on any atom is -0.309 e. The van der Waals surface area contributed by atoms with Gasteiger partial charge in [0, 0.05) is 51.1 Å². The molecule has 0 N–H and O–H groups in total. The number of benzene rings is 6. The molecule has 9 aromatic rings. The summed E-state index contributed by atoms with van der Waals surface area (Å²) < 4.78 is 2.21. The molecule has 0 fully saturated rings. The highest BCUT2D eigenvalue weighted by atomic mass is 15.2. The Morgan fingerprint density at radius 2 is 0.960 bits per heavy atom. The van der Waals surface area contributed by atoms with Crippen LogP contribution in [0.25, 0.3) is 72.5 Å². The van der Waals surface area contributed by atoms with Gasteiger partial charge in [-0.15, -0.1) is 0 Å². The van der Waals surface area contributed by atoms with Crippen molar-refractivity contribution in [2.45, 2.75) is 0 Å². The Balaban J connectivity index is 1.30. The Kier molecular flexibility index (Phi) is 6.42. The van der Waals surface area contributed by atoms with Crippen LogP contribution in [-0.4, -0.2) is 19.5 Å². The first-order valence-electron chi connectivity index (χ1n) is 16.8. The SMILES string of the molecule is c1ccc(-c2cc(-c3ccccc3)nc(-n3c4ccncc4c4cc5c(cc43)-c3ccccc3N(c3ccccc3)c3ccccc3-5)n2)cc1. The third-order valence-electron chi connectivity index (χ3n) is 9.64. The van der Waals surface area contributed by atoms with Crippen LogP contribution in [-0.2, 0) is 0 Å². The van der Waals surface area contributed by atoms with E-state index in [2.05, 4.69) is 166 Å². The van der Waals surface area contributed by atoms with Crippen LogP contribution in [0.4, 0.5) is 17.1 Å². The van der Waals surface area contributed by atoms with Gasteiger partial charge in [-0.1, -0.05) is 115 Å². The molecule has 6 aromatic carbocycles. The van der Waals surface area contributed by atoms with Gasteiger partial charge in [0.25, 0.3) is 0 Å². The van der Waals surface area contributed by atoms with E-state index in [4.69, 9.17) is 9.97 Å². The quantitative estimate of drug-likeness (QED) is 0.192. The molecule has 0 saturated carbocycles. The molecule has 3 aromatic heterocycles. The van der Waals surface area contributed by atoms with Crippen LogP contribution in [0, 0.1) is 0 Å². The Hall–Kier alpha value is -6.85. The number of para-hydroxylation sites is 3. The summed E-state index contributed by atoms with van der Waals surface area (Å²) in [4.78, 5) is 17.5. The Labute approximate surface area is 289 Å². The van der Waals surface area contributed by atoms with E-state index in [1.165, 1.54) is 11.1 Å². The van der Waals surface area contributed by atoms with Gasteiger partial charge in [-0.2, -0.15) is 0 Å². The maximum atomic E-state index is 5.26. The molecular weight excluding hydrogens is 611 g/mol. The third kappa shape index (κ3) is 4.45. The second kappa shape index (κ2) is 11.4. The number of nitrogens with zero attached hydrogens (tertiary/aromatic N) is 5. The molecule has 0 amide bonds. The van der Waals surface area contributed by atoms with E-state index in [9.17, 15) is 0 Å². The molecule has 234 valence electrons. The van der Waals surface area contributed by atoms with Crippen LogP contribution in [0.3, 0.4) is 0 Å². The van der Waals surface area contributed by atoms with Crippen molar-refractivity contribution in [3.05, 3.63) is 176 Å². The van der Waals surface area contributed by atoms with Gasteiger partial charge in [0.2, 0.25) is 5.95 Å². The van der Waals surface area contributed by atoms with Crippen molar-refractivity contribution < 1.29 is 0 Å². The fraction of sp³-hybridized carbons (Fsp3) is 0. The van der Waals surface area contributed by atoms with Crippen LogP contribution in [0.2, 0.25) is 0 Å². The summed E-state index contributed by atoms with van der Waals surface area (Å²) in [6.45, 7) is 0. The Morgan fingerprint density at radius 3 is 1.58 bits per heavy atom. The second-order valence-electron chi connectivity index (χ2n) is 12.5. The van der Waals surface area contributed by atoms with Crippen LogP contribution in [0.15, 0.2) is 176 Å². The van der Waals surface area contributed by atoms with Crippen molar-refractivity contribution in [3.63, 3.8) is 0 Å². The summed E-state index contributed by atoms with van der Waals surface area (Å²) in [6.07, 6.45) is 3.82. The van der Waals surface area contributed by atoms with Crippen molar-refractivity contribution in [2.24, 2.45) is 0 Å². The smallest absolute Gasteiger partial charge is 0.235 e. The van der Waals surface area contributed by atoms with Crippen molar-refractivity contribution in [3.8, 4) is 50.7 Å². The lowest BCUT2D eigenvalue weighted by Gasteiger charge is -2.27. The molecule has 5 nitrogen and oxygen atoms in total. The summed E-state index contributed by atoms with van der Waals surface area (Å²) in [5, 5.41) is 2.15. The van der Waals surface area contributed by atoms with E-state index in [0.29, 0.717) is 5.95 Å². The highest BCUT2D eigenvalue weighted by Crippen LogP contribution is 2.52. The zero-order chi connectivity index (χ0) is 33.0. The van der Waals surface area contributed by atoms with Crippen LogP contribution < -0.4 is 4.90 Å². The highest BCUT2D eigenvalue weighted by Gasteiger charge is 2.28. The van der Waals surface area contributed by atoms with Gasteiger partial charge >= 0.3 is 0 Å². The van der Waals surface area contributed by atoms with E-state index < -0.39 is 0 Å². The number of rotatable bonds is 4. The van der Waals surface area contributed by atoms with Crippen LogP contribution in [0.5, 0.6) is 0 Å². The fourth-order valence-electron chi connectivity index (χ4n) is 7.40. The van der Waals surface area contributed by atoms with Crippen molar-refractivity contribution >= 4 is 38.9 Å². The lowest BCUT2D eigenvalue weighted by atomic mass is 9.93. The highest BCUT2D eigenvalue weighted by molar-refractivity contribution is 6.14. The van der Waals surface area contributed by atoms with Crippen molar-refractivity contribution in [2.75, 3.05) is 4.90 Å². The summed E-state index contributed by atoms with van der Waals surface area (Å²) in [5.41, 5.74) is 13.9. The molecule has 0 atom stereocenters. The first-order chi connectivity index (χ1) is 24.8. The van der Waals surface area contributed by atoms with Crippen LogP contribution in [0.1, 0.15) is 0 Å². The minimum atomic E-state index is 0.615. The monoisotopic (exact) mass is 639 g/mol. The van der Waals surface area contributed by atoms with E-state index in [1.807, 2.05) is 24.5 Å². The molecule has 5 heteroatoms. The van der Waals surface area contributed by atoms with Gasteiger partial charge in [-0.3, -0.25) is 9.55 Å². The van der Waals surface area contributed by atoms with E-state index >= 15 is 0 Å². The maximum Gasteiger partial charge on any atom is 0.235 e. The second-order valence-corrected chi connectivity index (χ2v) is 12.5. The lowest BCUT2D eigenvalue weighted by Crippen LogP contribution is -2.10. The molecule has 0 unspecified atom stereocenters. The predicted octanol–water partition coefficient (Wildman–Crippen LogP) is 11.4. The molecule has 0 aliphatic carbocycles. The Bertz CT molecular complexity index is 2640. The topological polar surface area (TPSA) is 46.8 Å². The molecule has 0 bridgehead atoms. The summed E-state index contributed by atoms with van der Waals surface area (Å²) in [5.74, 6) is 0.615. The normalized spacial score (nSPS) is 12.0. The first kappa shape index (κ1) is 28.2. The van der Waals surface area contributed by atoms with E-state index in [0.717, 1.165) is 72.5 Å². The molecule has 4 heterocycles. The van der Waals surface area contributed by atoms with Gasteiger partial charge in [-0.25, -0.2) is 9.97 Å². The zero-order valence-electron chi connectivity index (χ0n) is 27.0. The molecule has 0 saturated heterocycles. The van der Waals surface area contributed by atoms with Crippen LogP contribution >= 0.6 is 0 Å². The maximum absolute atomic E-state index is 5.26. The standard InChI is InChI=1S/C45H29N5/c1-4-14-30(15-5-1)39-28-40(31-16-6-2-7-17-31)48-45(47-39)50-43-24-25-46-29-38(43)37-26-35-33-20-10-12-22-41(33)49(32-18-8-3-9-19-32)42-23-13-11-21-34(42)36(35)27-44(37)50/h1-29H. The fourth-order valence-corrected chi connectivity index (χ4v) is 7.40. The average Bonchev–Trinajstić information content (AvgIpc) is 3.46. The van der Waals surface area contributed by atoms with Crippen molar-refractivity contribution in [1.82, 2.24) is 19.5 Å². The molecule has 1 aliphatic rings. The Morgan fingerprint density at radius 1 is 0.420 bits per heavy atom. The van der Waals surface area contributed by atoms with Gasteiger partial charge in [0.05, 0.1) is 33.8 Å². The molecule has 0 radical (unpaired) electrons. The number of anilines is 3. The minimum absolute atomic E-state index is 0.615. The number of hydrogen-bond donors (Lipinski definition) is 0. The van der Waals surface area contributed by atoms with Gasteiger partial charge in [0.1, 0.15) is 0 Å². The summed E-state index contributed by atoms with van der Waals surface area (Å²) >= 11 is 0. The van der Waals surface area contributed by atoms with Crippen molar-refractivity contribution in [1.29, 1.82) is 0 Å². The lowest BCUT2D eigenvalue weighted by molar-refractivity contribution is 0.995. The molecule has 50 heavy (non-hydrogen) atoms. The number of aromatic nitrogens is 4. The largest absolute Gasteiger partial charge is 0.309 e. The summed E-state index contributed by atoms with van der Waals surface area (Å²) in [7, 11) is 0. The van der Waals surface area contributed by atoms with Gasteiger partial charge in [-0.05, 0) is 59.7 Å². The predicted molar refractivity (Wildman–Crippen MR) is 204 cm³/mol. The van der Waals surface area contributed by atoms with E-state index in [1.54, 1.807) is 0 Å². The average molecular weight is 640 g/mol. The number of hydrogen-bond acceptors (Lipinski definition) is 4. The first-order valence-corrected chi connectivity index (χ1v) is 16.8. The zero-order valence-corrected chi connectivity index (χ0v) is 27.0. The van der Waals surface area contributed by atoms with Gasteiger partial charge < -0.3 is 4.90 Å². The molecular formula is C45H29N5. The summed E-state index contributed by atoms with van der Waals surface area (Å²) in [6, 6.07) is 57.5. The number of pyridine rings is 1. The molecule has 10 rings (SSSR count). The third-order valence-corrected chi connectivity index (χ3v) is 9.64. The van der Waals surface area contributed by atoms with Gasteiger partial charge in [0.15, 0.2) is 0 Å². The molecule has 1 aliphatic heterocycles. The number of fused-ring (bicyclic) bond motifs is 8. The van der Waals surface area contributed by atoms with E-state index in [-0.39, 0.29) is 0 Å². The molecule has 0 spiro atoms.